The molecule has 1 aromatic carbocycles. The number of aliphatic hydroxyl groups is 1. The van der Waals surface area contributed by atoms with Crippen molar-refractivity contribution >= 4 is 0 Å². The summed E-state index contributed by atoms with van der Waals surface area (Å²) in [5.41, 5.74) is 0.734. The summed E-state index contributed by atoms with van der Waals surface area (Å²) in [6.07, 6.45) is -0.569. The second-order valence-corrected chi connectivity index (χ2v) is 6.16. The molecule has 0 fully saturated rings. The summed E-state index contributed by atoms with van der Waals surface area (Å²) in [4.78, 5) is 4.35. The predicted molar refractivity (Wildman–Crippen MR) is 78.8 cm³/mol. The number of benzene rings is 1. The van der Waals surface area contributed by atoms with Gasteiger partial charge in [-0.15, -0.1) is 0 Å². The first-order valence-corrected chi connectivity index (χ1v) is 7.00. The van der Waals surface area contributed by atoms with Crippen LogP contribution in [0.2, 0.25) is 0 Å². The smallest absolute Gasteiger partial charge is 0.229 e. The van der Waals surface area contributed by atoms with Gasteiger partial charge < -0.3 is 14.4 Å². The Labute approximate surface area is 125 Å². The van der Waals surface area contributed by atoms with E-state index in [1.807, 2.05) is 51.1 Å². The molecule has 0 amide bonds. The van der Waals surface area contributed by atoms with E-state index in [1.54, 1.807) is 7.11 Å². The van der Waals surface area contributed by atoms with E-state index < -0.39 is 6.10 Å². The molecule has 1 heterocycles. The summed E-state index contributed by atoms with van der Waals surface area (Å²) in [7, 11) is 1.61. The zero-order valence-corrected chi connectivity index (χ0v) is 12.9. The minimum absolute atomic E-state index is 0.227. The van der Waals surface area contributed by atoms with Crippen LogP contribution in [-0.4, -0.2) is 28.5 Å². The molecule has 0 aliphatic carbocycles. The van der Waals surface area contributed by atoms with Crippen molar-refractivity contribution in [3.8, 4) is 0 Å². The standard InChI is InChI=1S/C16H22N2O3/c1-16(2,3)12(19)10-13-17-15(18-21-13)14(20-4)11-8-6-5-7-9-11/h5-9,12,14,19H,10H2,1-4H3. The highest BCUT2D eigenvalue weighted by Gasteiger charge is 2.26. The second-order valence-electron chi connectivity index (χ2n) is 6.16. The van der Waals surface area contributed by atoms with Gasteiger partial charge in [0.15, 0.2) is 0 Å². The molecular weight excluding hydrogens is 268 g/mol. The zero-order valence-electron chi connectivity index (χ0n) is 12.9. The van der Waals surface area contributed by atoms with Crippen LogP contribution in [0.15, 0.2) is 34.9 Å². The van der Waals surface area contributed by atoms with E-state index in [0.29, 0.717) is 18.1 Å². The molecule has 0 saturated heterocycles. The molecule has 21 heavy (non-hydrogen) atoms. The van der Waals surface area contributed by atoms with Crippen molar-refractivity contribution in [2.24, 2.45) is 5.41 Å². The van der Waals surface area contributed by atoms with E-state index in [-0.39, 0.29) is 11.5 Å². The van der Waals surface area contributed by atoms with Crippen molar-refractivity contribution in [3.63, 3.8) is 0 Å². The minimum Gasteiger partial charge on any atom is -0.392 e. The van der Waals surface area contributed by atoms with Crippen LogP contribution in [0.25, 0.3) is 0 Å². The van der Waals surface area contributed by atoms with Crippen LogP contribution in [0.3, 0.4) is 0 Å². The fourth-order valence-corrected chi connectivity index (χ4v) is 1.95. The van der Waals surface area contributed by atoms with Gasteiger partial charge in [0, 0.05) is 7.11 Å². The number of methoxy groups -OCH3 is 1. The van der Waals surface area contributed by atoms with E-state index in [1.165, 1.54) is 0 Å². The number of nitrogens with zero attached hydrogens (tertiary/aromatic N) is 2. The van der Waals surface area contributed by atoms with Crippen LogP contribution in [-0.2, 0) is 11.2 Å². The number of aromatic nitrogens is 2. The lowest BCUT2D eigenvalue weighted by atomic mass is 9.87. The van der Waals surface area contributed by atoms with Crippen molar-refractivity contribution in [3.05, 3.63) is 47.6 Å². The molecule has 0 aliphatic heterocycles. The highest BCUT2D eigenvalue weighted by molar-refractivity contribution is 5.22. The molecule has 2 unspecified atom stereocenters. The van der Waals surface area contributed by atoms with Crippen molar-refractivity contribution in [2.45, 2.75) is 39.4 Å². The van der Waals surface area contributed by atoms with Crippen molar-refractivity contribution in [1.29, 1.82) is 0 Å². The van der Waals surface area contributed by atoms with Gasteiger partial charge in [0.25, 0.3) is 0 Å². The average Bonchev–Trinajstić information content (AvgIpc) is 2.88. The Kier molecular flexibility index (Phi) is 4.75. The third kappa shape index (κ3) is 3.89. The summed E-state index contributed by atoms with van der Waals surface area (Å²) in [6, 6.07) is 9.72. The molecule has 114 valence electrons. The van der Waals surface area contributed by atoms with Crippen molar-refractivity contribution in [2.75, 3.05) is 7.11 Å². The number of aliphatic hydroxyl groups excluding tert-OH is 1. The molecule has 0 saturated carbocycles. The van der Waals surface area contributed by atoms with E-state index in [2.05, 4.69) is 10.1 Å². The maximum atomic E-state index is 10.1. The Morgan fingerprint density at radius 3 is 2.48 bits per heavy atom. The van der Waals surface area contributed by atoms with Crippen molar-refractivity contribution < 1.29 is 14.4 Å². The lowest BCUT2D eigenvalue weighted by Crippen LogP contribution is -2.28. The molecule has 1 N–H and O–H groups in total. The van der Waals surface area contributed by atoms with Gasteiger partial charge in [0.1, 0.15) is 6.10 Å². The largest absolute Gasteiger partial charge is 0.392 e. The summed E-state index contributed by atoms with van der Waals surface area (Å²) < 4.78 is 10.7. The van der Waals surface area contributed by atoms with Gasteiger partial charge in [-0.3, -0.25) is 0 Å². The van der Waals surface area contributed by atoms with Gasteiger partial charge >= 0.3 is 0 Å². The van der Waals surface area contributed by atoms with Gasteiger partial charge in [0.05, 0.1) is 12.5 Å². The van der Waals surface area contributed by atoms with Crippen LogP contribution in [0.4, 0.5) is 0 Å². The molecule has 0 radical (unpaired) electrons. The molecule has 2 atom stereocenters. The van der Waals surface area contributed by atoms with Gasteiger partial charge in [-0.1, -0.05) is 56.3 Å². The molecule has 0 bridgehead atoms. The third-order valence-corrected chi connectivity index (χ3v) is 3.42. The predicted octanol–water partition coefficient (Wildman–Crippen LogP) is 2.75. The van der Waals surface area contributed by atoms with Crippen LogP contribution in [0.1, 0.15) is 44.2 Å². The highest BCUT2D eigenvalue weighted by atomic mass is 16.5. The third-order valence-electron chi connectivity index (χ3n) is 3.42. The fraction of sp³-hybridized carbons (Fsp3) is 0.500. The number of hydrogen-bond acceptors (Lipinski definition) is 5. The Bertz CT molecular complexity index is 560. The van der Waals surface area contributed by atoms with E-state index in [0.717, 1.165) is 5.56 Å². The van der Waals surface area contributed by atoms with E-state index in [4.69, 9.17) is 9.26 Å². The summed E-state index contributed by atoms with van der Waals surface area (Å²) >= 11 is 0. The molecule has 2 rings (SSSR count). The van der Waals surface area contributed by atoms with Gasteiger partial charge in [-0.25, -0.2) is 0 Å². The van der Waals surface area contributed by atoms with Crippen LogP contribution < -0.4 is 0 Å². The molecule has 0 aliphatic rings. The summed E-state index contributed by atoms with van der Waals surface area (Å²) in [6.45, 7) is 5.91. The summed E-state index contributed by atoms with van der Waals surface area (Å²) in [5.74, 6) is 0.894. The topological polar surface area (TPSA) is 68.4 Å². The molecule has 5 heteroatoms. The Morgan fingerprint density at radius 2 is 1.90 bits per heavy atom. The Hall–Kier alpha value is -1.72. The molecule has 2 aromatic rings. The highest BCUT2D eigenvalue weighted by Crippen LogP contribution is 2.25. The first-order chi connectivity index (χ1) is 9.91. The fourth-order valence-electron chi connectivity index (χ4n) is 1.95. The first-order valence-electron chi connectivity index (χ1n) is 7.00. The normalized spacial score (nSPS) is 14.9. The van der Waals surface area contributed by atoms with E-state index >= 15 is 0 Å². The van der Waals surface area contributed by atoms with Crippen LogP contribution in [0.5, 0.6) is 0 Å². The number of ether oxygens (including phenoxy) is 1. The Balaban J connectivity index is 2.15. The maximum Gasteiger partial charge on any atom is 0.229 e. The van der Waals surface area contributed by atoms with E-state index in [9.17, 15) is 5.11 Å². The van der Waals surface area contributed by atoms with Crippen LogP contribution >= 0.6 is 0 Å². The first kappa shape index (κ1) is 15.7. The summed E-state index contributed by atoms with van der Waals surface area (Å²) in [5, 5.41) is 14.1. The lowest BCUT2D eigenvalue weighted by molar-refractivity contribution is 0.0565. The second kappa shape index (κ2) is 6.37. The zero-order chi connectivity index (χ0) is 15.5. The number of rotatable bonds is 5. The van der Waals surface area contributed by atoms with Crippen LogP contribution in [0, 0.1) is 5.41 Å². The minimum atomic E-state index is -0.538. The van der Waals surface area contributed by atoms with Gasteiger partial charge in [0.2, 0.25) is 11.7 Å². The van der Waals surface area contributed by atoms with Crippen molar-refractivity contribution in [1.82, 2.24) is 10.1 Å². The molecule has 5 nitrogen and oxygen atoms in total. The quantitative estimate of drug-likeness (QED) is 0.917. The maximum absolute atomic E-state index is 10.1. The van der Waals surface area contributed by atoms with Gasteiger partial charge in [-0.2, -0.15) is 4.98 Å². The average molecular weight is 290 g/mol. The number of hydrogen-bond donors (Lipinski definition) is 1. The van der Waals surface area contributed by atoms with Gasteiger partial charge in [-0.05, 0) is 11.0 Å². The molecular formula is C16H22N2O3. The SMILES string of the molecule is COC(c1ccccc1)c1noc(CC(O)C(C)(C)C)n1. The molecule has 1 aromatic heterocycles. The Morgan fingerprint density at radius 1 is 1.24 bits per heavy atom. The lowest BCUT2D eigenvalue weighted by Gasteiger charge is -2.24. The molecule has 0 spiro atoms. The monoisotopic (exact) mass is 290 g/mol.